The standard InChI is InChI=1S/C23H21N5O3.ClH/c1-31-22(29)16-9-5-6-14(12-16)13-18-19(21-26-27-23(30)28(21)17-10-11-17)25-20(24-18)15-7-3-2-4-8-15;/h2-9,12,17H,10-11,13H2,1H3,(H,24,25)(H,27,30);1H. The van der Waals surface area contributed by atoms with Gasteiger partial charge in [-0.15, -0.1) is 12.4 Å². The van der Waals surface area contributed by atoms with E-state index in [1.807, 2.05) is 42.5 Å². The molecule has 9 heteroatoms. The van der Waals surface area contributed by atoms with Crippen LogP contribution in [-0.4, -0.2) is 37.8 Å². The Morgan fingerprint density at radius 1 is 1.16 bits per heavy atom. The van der Waals surface area contributed by atoms with Crippen LogP contribution in [0.3, 0.4) is 0 Å². The summed E-state index contributed by atoms with van der Waals surface area (Å²) in [5, 5.41) is 6.86. The summed E-state index contributed by atoms with van der Waals surface area (Å²) in [7, 11) is 1.36. The Bertz CT molecular complexity index is 1300. The number of imidazole rings is 1. The normalized spacial score (nSPS) is 12.9. The van der Waals surface area contributed by atoms with E-state index in [1.54, 1.807) is 16.7 Å². The number of nitrogens with one attached hydrogen (secondary N) is 2. The Morgan fingerprint density at radius 3 is 2.66 bits per heavy atom. The molecule has 164 valence electrons. The lowest BCUT2D eigenvalue weighted by atomic mass is 10.1. The Balaban J connectivity index is 0.00000245. The minimum Gasteiger partial charge on any atom is -0.465 e. The maximum atomic E-state index is 12.3. The van der Waals surface area contributed by atoms with E-state index in [1.165, 1.54) is 7.11 Å². The third-order valence-electron chi connectivity index (χ3n) is 5.38. The smallest absolute Gasteiger partial charge is 0.343 e. The predicted octanol–water partition coefficient (Wildman–Crippen LogP) is 3.76. The molecule has 0 atom stereocenters. The number of carbonyl (C=O) groups is 1. The summed E-state index contributed by atoms with van der Waals surface area (Å²) in [5.74, 6) is 0.851. The van der Waals surface area contributed by atoms with Gasteiger partial charge >= 0.3 is 11.7 Å². The molecule has 2 aromatic carbocycles. The molecular formula is C23H22ClN5O3. The van der Waals surface area contributed by atoms with Gasteiger partial charge in [-0.05, 0) is 30.5 Å². The summed E-state index contributed by atoms with van der Waals surface area (Å²) in [6, 6.07) is 17.2. The molecule has 0 saturated heterocycles. The SMILES string of the molecule is COC(=O)c1cccc(Cc2[nH]c(-c3ccccc3)nc2-c2n[nH]c(=O)n2C2CC2)c1.Cl. The molecule has 1 aliphatic rings. The number of benzene rings is 2. The minimum atomic E-state index is -0.383. The second kappa shape index (κ2) is 8.84. The summed E-state index contributed by atoms with van der Waals surface area (Å²) in [5.41, 5.74) is 3.58. The van der Waals surface area contributed by atoms with Crippen LogP contribution in [-0.2, 0) is 11.2 Å². The third kappa shape index (κ3) is 4.09. The molecule has 32 heavy (non-hydrogen) atoms. The minimum absolute atomic E-state index is 0. The molecule has 0 unspecified atom stereocenters. The Morgan fingerprint density at radius 2 is 1.94 bits per heavy atom. The number of ether oxygens (including phenoxy) is 1. The van der Waals surface area contributed by atoms with Gasteiger partial charge < -0.3 is 9.72 Å². The predicted molar refractivity (Wildman–Crippen MR) is 122 cm³/mol. The van der Waals surface area contributed by atoms with Gasteiger partial charge in [-0.2, -0.15) is 5.10 Å². The average molecular weight is 452 g/mol. The average Bonchev–Trinajstić information content (AvgIpc) is 3.44. The highest BCUT2D eigenvalue weighted by molar-refractivity contribution is 5.89. The van der Waals surface area contributed by atoms with Crippen molar-refractivity contribution in [3.8, 4) is 22.9 Å². The van der Waals surface area contributed by atoms with Gasteiger partial charge in [0.2, 0.25) is 0 Å². The van der Waals surface area contributed by atoms with E-state index in [4.69, 9.17) is 9.72 Å². The lowest BCUT2D eigenvalue weighted by molar-refractivity contribution is 0.0600. The van der Waals surface area contributed by atoms with Crippen molar-refractivity contribution in [3.63, 3.8) is 0 Å². The van der Waals surface area contributed by atoms with Crippen LogP contribution >= 0.6 is 12.4 Å². The number of hydrogen-bond acceptors (Lipinski definition) is 5. The Labute approximate surface area is 190 Å². The first-order chi connectivity index (χ1) is 15.1. The molecule has 1 aliphatic carbocycles. The second-order valence-electron chi connectivity index (χ2n) is 7.60. The highest BCUT2D eigenvalue weighted by Crippen LogP contribution is 2.37. The summed E-state index contributed by atoms with van der Waals surface area (Å²) in [6.45, 7) is 0. The van der Waals surface area contributed by atoms with Gasteiger partial charge in [0.1, 0.15) is 11.5 Å². The summed E-state index contributed by atoms with van der Waals surface area (Å²) < 4.78 is 6.53. The first kappa shape index (κ1) is 21.6. The fraction of sp³-hybridized carbons (Fsp3) is 0.217. The fourth-order valence-electron chi connectivity index (χ4n) is 3.73. The van der Waals surface area contributed by atoms with E-state index in [2.05, 4.69) is 15.2 Å². The molecule has 0 spiro atoms. The molecular weight excluding hydrogens is 430 g/mol. The van der Waals surface area contributed by atoms with E-state index in [9.17, 15) is 9.59 Å². The number of esters is 1. The number of hydrogen-bond donors (Lipinski definition) is 2. The van der Waals surface area contributed by atoms with Crippen LogP contribution in [0.2, 0.25) is 0 Å². The zero-order valence-corrected chi connectivity index (χ0v) is 18.2. The molecule has 1 saturated carbocycles. The lowest BCUT2D eigenvalue weighted by Crippen LogP contribution is -2.16. The van der Waals surface area contributed by atoms with Gasteiger partial charge in [-0.25, -0.2) is 19.7 Å². The van der Waals surface area contributed by atoms with Crippen molar-refractivity contribution < 1.29 is 9.53 Å². The van der Waals surface area contributed by atoms with E-state index in [0.29, 0.717) is 29.3 Å². The number of H-pyrrole nitrogens is 2. The zero-order valence-electron chi connectivity index (χ0n) is 17.4. The van der Waals surface area contributed by atoms with Crippen molar-refractivity contribution in [2.24, 2.45) is 0 Å². The van der Waals surface area contributed by atoms with Crippen molar-refractivity contribution in [2.45, 2.75) is 25.3 Å². The molecule has 0 bridgehead atoms. The zero-order chi connectivity index (χ0) is 21.4. The number of aromatic nitrogens is 5. The third-order valence-corrected chi connectivity index (χ3v) is 5.38. The van der Waals surface area contributed by atoms with Gasteiger partial charge in [-0.3, -0.25) is 4.57 Å². The van der Waals surface area contributed by atoms with Crippen LogP contribution in [0.4, 0.5) is 0 Å². The molecule has 4 aromatic rings. The Kier molecular flexibility index (Phi) is 5.96. The number of methoxy groups -OCH3 is 1. The van der Waals surface area contributed by atoms with Crippen molar-refractivity contribution >= 4 is 18.4 Å². The van der Waals surface area contributed by atoms with Crippen LogP contribution in [0.5, 0.6) is 0 Å². The summed E-state index contributed by atoms with van der Waals surface area (Å²) >= 11 is 0. The monoisotopic (exact) mass is 451 g/mol. The van der Waals surface area contributed by atoms with Gasteiger partial charge in [0.05, 0.1) is 18.4 Å². The lowest BCUT2D eigenvalue weighted by Gasteiger charge is -2.06. The van der Waals surface area contributed by atoms with Gasteiger partial charge in [0.25, 0.3) is 0 Å². The highest BCUT2D eigenvalue weighted by Gasteiger charge is 2.31. The van der Waals surface area contributed by atoms with Crippen molar-refractivity contribution in [2.75, 3.05) is 7.11 Å². The highest BCUT2D eigenvalue weighted by atomic mass is 35.5. The Hall–Kier alpha value is -3.65. The largest absolute Gasteiger partial charge is 0.465 e. The quantitative estimate of drug-likeness (QED) is 0.434. The summed E-state index contributed by atoms with van der Waals surface area (Å²) in [4.78, 5) is 32.5. The number of nitrogens with zero attached hydrogens (tertiary/aromatic N) is 3. The van der Waals surface area contributed by atoms with Gasteiger partial charge in [0, 0.05) is 18.0 Å². The van der Waals surface area contributed by atoms with Gasteiger partial charge in [0.15, 0.2) is 5.82 Å². The number of rotatable bonds is 6. The fourth-order valence-corrected chi connectivity index (χ4v) is 3.73. The second-order valence-corrected chi connectivity index (χ2v) is 7.60. The molecule has 2 heterocycles. The van der Waals surface area contributed by atoms with Crippen LogP contribution in [0.1, 0.15) is 40.5 Å². The maximum Gasteiger partial charge on any atom is 0.343 e. The number of carbonyl (C=O) groups excluding carboxylic acids is 1. The van der Waals surface area contributed by atoms with Crippen molar-refractivity contribution in [3.05, 3.63) is 81.9 Å². The maximum absolute atomic E-state index is 12.3. The molecule has 5 rings (SSSR count). The number of halogens is 1. The molecule has 0 radical (unpaired) electrons. The van der Waals surface area contributed by atoms with Crippen LogP contribution in [0, 0.1) is 0 Å². The van der Waals surface area contributed by atoms with E-state index >= 15 is 0 Å². The van der Waals surface area contributed by atoms with Crippen molar-refractivity contribution in [1.82, 2.24) is 24.7 Å². The summed E-state index contributed by atoms with van der Waals surface area (Å²) in [6.07, 6.45) is 2.41. The van der Waals surface area contributed by atoms with Crippen molar-refractivity contribution in [1.29, 1.82) is 0 Å². The number of aromatic amines is 2. The van der Waals surface area contributed by atoms with E-state index in [0.717, 1.165) is 29.7 Å². The molecule has 0 aliphatic heterocycles. The molecule has 2 N–H and O–H groups in total. The topological polar surface area (TPSA) is 106 Å². The van der Waals surface area contributed by atoms with Crippen LogP contribution in [0.15, 0.2) is 59.4 Å². The molecule has 8 nitrogen and oxygen atoms in total. The first-order valence-corrected chi connectivity index (χ1v) is 10.1. The van der Waals surface area contributed by atoms with Crippen LogP contribution in [0.25, 0.3) is 22.9 Å². The first-order valence-electron chi connectivity index (χ1n) is 10.1. The molecule has 1 fully saturated rings. The van der Waals surface area contributed by atoms with E-state index < -0.39 is 0 Å². The molecule has 0 amide bonds. The van der Waals surface area contributed by atoms with Gasteiger partial charge in [-0.1, -0.05) is 42.5 Å². The van der Waals surface area contributed by atoms with E-state index in [-0.39, 0.29) is 30.1 Å². The van der Waals surface area contributed by atoms with Crippen LogP contribution < -0.4 is 5.69 Å². The molecule has 2 aromatic heterocycles.